The summed E-state index contributed by atoms with van der Waals surface area (Å²) in [4.78, 5) is 31.4. The molecule has 2 aromatic rings. The number of nitrogens with zero attached hydrogens (tertiary/aromatic N) is 2. The van der Waals surface area contributed by atoms with E-state index in [1.807, 2.05) is 25.1 Å². The number of thiazole rings is 1. The van der Waals surface area contributed by atoms with Crippen LogP contribution >= 0.6 is 11.3 Å². The van der Waals surface area contributed by atoms with Crippen molar-refractivity contribution in [1.82, 2.24) is 15.2 Å². The molecular weight excluding hydrogens is 388 g/mol. The highest BCUT2D eigenvalue weighted by molar-refractivity contribution is 7.17. The summed E-state index contributed by atoms with van der Waals surface area (Å²) < 4.78 is 5.04. The van der Waals surface area contributed by atoms with E-state index < -0.39 is 0 Å². The van der Waals surface area contributed by atoms with Crippen LogP contribution in [0.5, 0.6) is 0 Å². The van der Waals surface area contributed by atoms with Gasteiger partial charge in [-0.1, -0.05) is 36.5 Å². The van der Waals surface area contributed by atoms with Crippen LogP contribution in [0.1, 0.15) is 47.6 Å². The van der Waals surface area contributed by atoms with Gasteiger partial charge in [-0.15, -0.1) is 0 Å². The first-order valence-electron chi connectivity index (χ1n) is 10.1. The van der Waals surface area contributed by atoms with Crippen LogP contribution in [0.25, 0.3) is 0 Å². The Morgan fingerprint density at radius 3 is 2.66 bits per heavy atom. The van der Waals surface area contributed by atoms with E-state index in [4.69, 9.17) is 4.74 Å². The zero-order valence-electron chi connectivity index (χ0n) is 17.2. The highest BCUT2D eigenvalue weighted by atomic mass is 32.1. The molecule has 1 aromatic heterocycles. The van der Waals surface area contributed by atoms with Crippen molar-refractivity contribution in [1.29, 1.82) is 0 Å². The van der Waals surface area contributed by atoms with E-state index in [0.717, 1.165) is 24.9 Å². The number of piperidine rings is 1. The molecule has 0 aliphatic carbocycles. The minimum absolute atomic E-state index is 0.0481. The number of anilines is 2. The Kier molecular flexibility index (Phi) is 7.09. The summed E-state index contributed by atoms with van der Waals surface area (Å²) in [6.07, 6.45) is 2.08. The molecule has 1 aliphatic rings. The van der Waals surface area contributed by atoms with Crippen molar-refractivity contribution in [2.24, 2.45) is 0 Å². The van der Waals surface area contributed by atoms with Gasteiger partial charge < -0.3 is 20.3 Å². The van der Waals surface area contributed by atoms with Gasteiger partial charge in [0, 0.05) is 24.8 Å². The fourth-order valence-corrected chi connectivity index (χ4v) is 4.28. The van der Waals surface area contributed by atoms with Crippen molar-refractivity contribution in [3.8, 4) is 0 Å². The maximum atomic E-state index is 12.8. The molecule has 8 heteroatoms. The second kappa shape index (κ2) is 9.73. The first-order chi connectivity index (χ1) is 14.0. The maximum absolute atomic E-state index is 12.8. The third kappa shape index (κ3) is 5.26. The smallest absolute Gasteiger partial charge is 0.409 e. The first-order valence-corrected chi connectivity index (χ1v) is 10.9. The number of aryl methyl sites for hydroxylation is 2. The van der Waals surface area contributed by atoms with Gasteiger partial charge in [-0.2, -0.15) is 0 Å². The van der Waals surface area contributed by atoms with Crippen LogP contribution in [0.3, 0.4) is 0 Å². The van der Waals surface area contributed by atoms with Crippen molar-refractivity contribution < 1.29 is 14.3 Å². The molecule has 0 radical (unpaired) electrons. The number of ether oxygens (including phenoxy) is 1. The summed E-state index contributed by atoms with van der Waals surface area (Å²) >= 11 is 1.36. The fourth-order valence-electron chi connectivity index (χ4n) is 3.40. The molecule has 156 valence electrons. The van der Waals surface area contributed by atoms with Gasteiger partial charge in [0.05, 0.1) is 12.3 Å². The molecule has 29 heavy (non-hydrogen) atoms. The van der Waals surface area contributed by atoms with E-state index in [1.165, 1.54) is 16.9 Å². The lowest BCUT2D eigenvalue weighted by Crippen LogP contribution is -2.46. The van der Waals surface area contributed by atoms with Gasteiger partial charge in [0.25, 0.3) is 5.91 Å². The van der Waals surface area contributed by atoms with Crippen LogP contribution in [-0.2, 0) is 11.2 Å². The van der Waals surface area contributed by atoms with E-state index in [9.17, 15) is 9.59 Å². The van der Waals surface area contributed by atoms with E-state index in [1.54, 1.807) is 11.8 Å². The molecule has 1 aromatic carbocycles. The summed E-state index contributed by atoms with van der Waals surface area (Å²) in [6, 6.07) is 8.15. The first kappa shape index (κ1) is 21.1. The lowest BCUT2D eigenvalue weighted by Gasteiger charge is -2.31. The molecular formula is C21H28N4O3S. The molecule has 0 atom stereocenters. The normalized spacial score (nSPS) is 14.5. The van der Waals surface area contributed by atoms with Crippen molar-refractivity contribution in [3.63, 3.8) is 0 Å². The Labute approximate surface area is 175 Å². The molecule has 0 spiro atoms. The molecule has 0 bridgehead atoms. The second-order valence-corrected chi connectivity index (χ2v) is 8.00. The van der Waals surface area contributed by atoms with Crippen molar-refractivity contribution in [3.05, 3.63) is 40.4 Å². The summed E-state index contributed by atoms with van der Waals surface area (Å²) in [5.74, 6) is -0.105. The Morgan fingerprint density at radius 1 is 1.24 bits per heavy atom. The zero-order chi connectivity index (χ0) is 20.8. The Balaban J connectivity index is 1.59. The Bertz CT molecular complexity index is 859. The van der Waals surface area contributed by atoms with Gasteiger partial charge in [-0.3, -0.25) is 4.79 Å². The topological polar surface area (TPSA) is 83.6 Å². The molecule has 1 fully saturated rings. The van der Waals surface area contributed by atoms with Crippen LogP contribution in [0, 0.1) is 6.92 Å². The number of carbonyl (C=O) groups excluding carboxylic acids is 2. The molecule has 2 heterocycles. The van der Waals surface area contributed by atoms with Gasteiger partial charge in [0.1, 0.15) is 4.88 Å². The van der Waals surface area contributed by atoms with Crippen molar-refractivity contribution in [2.45, 2.75) is 46.1 Å². The predicted octanol–water partition coefficient (Wildman–Crippen LogP) is 4.11. The third-order valence-corrected chi connectivity index (χ3v) is 6.07. The Morgan fingerprint density at radius 2 is 1.97 bits per heavy atom. The van der Waals surface area contributed by atoms with Crippen molar-refractivity contribution >= 4 is 34.2 Å². The number of likely N-dealkylation sites (tertiary alicyclic amines) is 1. The number of carbonyl (C=O) groups is 2. The highest BCUT2D eigenvalue weighted by Crippen LogP contribution is 2.28. The minimum atomic E-state index is -0.279. The number of aromatic nitrogens is 1. The van der Waals surface area contributed by atoms with Gasteiger partial charge in [-0.05, 0) is 44.7 Å². The number of hydrogen-bond acceptors (Lipinski definition) is 6. The molecule has 0 unspecified atom stereocenters. The number of rotatable bonds is 6. The van der Waals surface area contributed by atoms with Crippen LogP contribution in [-0.4, -0.2) is 47.6 Å². The molecule has 7 nitrogen and oxygen atoms in total. The number of para-hydroxylation sites is 1. The largest absolute Gasteiger partial charge is 0.450 e. The summed E-state index contributed by atoms with van der Waals surface area (Å²) in [7, 11) is 0. The van der Waals surface area contributed by atoms with Crippen LogP contribution in [0.15, 0.2) is 24.3 Å². The second-order valence-electron chi connectivity index (χ2n) is 7.00. The maximum Gasteiger partial charge on any atom is 0.409 e. The monoisotopic (exact) mass is 416 g/mol. The minimum Gasteiger partial charge on any atom is -0.450 e. The predicted molar refractivity (Wildman–Crippen MR) is 115 cm³/mol. The molecule has 2 N–H and O–H groups in total. The van der Waals surface area contributed by atoms with Gasteiger partial charge in [0.15, 0.2) is 5.13 Å². The quantitative estimate of drug-likeness (QED) is 0.740. The van der Waals surface area contributed by atoms with Crippen LogP contribution in [0.2, 0.25) is 0 Å². The van der Waals surface area contributed by atoms with E-state index >= 15 is 0 Å². The third-order valence-electron chi connectivity index (χ3n) is 5.00. The molecule has 1 saturated heterocycles. The fraction of sp³-hybridized carbons (Fsp3) is 0.476. The average molecular weight is 417 g/mol. The number of benzene rings is 1. The number of nitrogens with one attached hydrogen (secondary N) is 2. The molecule has 0 saturated carbocycles. The van der Waals surface area contributed by atoms with E-state index in [0.29, 0.717) is 35.4 Å². The zero-order valence-corrected chi connectivity index (χ0v) is 18.0. The van der Waals surface area contributed by atoms with Crippen molar-refractivity contribution in [2.75, 3.05) is 25.0 Å². The van der Waals surface area contributed by atoms with Gasteiger partial charge in [-0.25, -0.2) is 9.78 Å². The Hall–Kier alpha value is -2.61. The summed E-state index contributed by atoms with van der Waals surface area (Å²) in [5.41, 5.74) is 2.94. The van der Waals surface area contributed by atoms with Gasteiger partial charge >= 0.3 is 6.09 Å². The van der Waals surface area contributed by atoms with E-state index in [-0.39, 0.29) is 18.0 Å². The van der Waals surface area contributed by atoms with Gasteiger partial charge in [0.2, 0.25) is 0 Å². The van der Waals surface area contributed by atoms with Crippen LogP contribution < -0.4 is 10.6 Å². The van der Waals surface area contributed by atoms with E-state index in [2.05, 4.69) is 28.6 Å². The number of hydrogen-bond donors (Lipinski definition) is 2. The SMILES string of the molecule is CCOC(=O)N1CCC(NC(=O)c2sc(Nc3ccccc3CC)nc2C)CC1. The molecule has 1 aliphatic heterocycles. The summed E-state index contributed by atoms with van der Waals surface area (Å²) in [6.45, 7) is 7.31. The van der Waals surface area contributed by atoms with Crippen LogP contribution in [0.4, 0.5) is 15.6 Å². The molecule has 3 rings (SSSR count). The molecule has 2 amide bonds. The highest BCUT2D eigenvalue weighted by Gasteiger charge is 2.26. The average Bonchev–Trinajstić information content (AvgIpc) is 3.09. The lowest BCUT2D eigenvalue weighted by molar-refractivity contribution is 0.0862. The standard InChI is InChI=1S/C21H28N4O3S/c1-4-15-8-6-7-9-17(15)24-20-22-14(3)18(29-20)19(26)23-16-10-12-25(13-11-16)21(27)28-5-2/h6-9,16H,4-5,10-13H2,1-3H3,(H,22,24)(H,23,26). The number of amides is 2. The lowest BCUT2D eigenvalue weighted by atomic mass is 10.1. The summed E-state index contributed by atoms with van der Waals surface area (Å²) in [5, 5.41) is 7.15.